The van der Waals surface area contributed by atoms with E-state index in [9.17, 15) is 13.2 Å². The molecule has 0 aliphatic heterocycles. The fourth-order valence-corrected chi connectivity index (χ4v) is 4.10. The molecule has 3 aromatic rings. The molecule has 34 heavy (non-hydrogen) atoms. The topological polar surface area (TPSA) is 103 Å². The molecule has 0 saturated carbocycles. The summed E-state index contributed by atoms with van der Waals surface area (Å²) in [5, 5.41) is 3.94. The number of carbonyl (C=O) groups excluding carboxylic acids is 1. The third-order valence-corrected chi connectivity index (χ3v) is 6.08. The van der Waals surface area contributed by atoms with Gasteiger partial charge >= 0.3 is 10.1 Å². The summed E-state index contributed by atoms with van der Waals surface area (Å²) in [6.07, 6.45) is 1.36. The number of nitrogens with one attached hydrogen (secondary N) is 1. The standard InChI is InChI=1S/C24H23ClN2O6S/c1-4-32-22-14-17(15-26-27-24(28)18-7-9-19(31-3)10-8-18)13-21(25)23(22)33-34(29,30)20-11-5-16(2)6-12-20/h5-15H,4H2,1-3H3,(H,27,28)/b26-15-. The van der Waals surface area contributed by atoms with Crippen molar-refractivity contribution in [2.45, 2.75) is 18.7 Å². The molecule has 0 aromatic heterocycles. The van der Waals surface area contributed by atoms with Gasteiger partial charge in [-0.05, 0) is 67.9 Å². The van der Waals surface area contributed by atoms with Crippen LogP contribution in [-0.2, 0) is 10.1 Å². The number of benzene rings is 3. The van der Waals surface area contributed by atoms with Gasteiger partial charge in [-0.15, -0.1) is 0 Å². The lowest BCUT2D eigenvalue weighted by molar-refractivity contribution is 0.0955. The predicted molar refractivity (Wildman–Crippen MR) is 130 cm³/mol. The lowest BCUT2D eigenvalue weighted by atomic mass is 10.2. The molecule has 0 aliphatic rings. The molecule has 0 saturated heterocycles. The summed E-state index contributed by atoms with van der Waals surface area (Å²) in [5.41, 5.74) is 4.19. The van der Waals surface area contributed by atoms with Crippen LogP contribution in [0, 0.1) is 6.92 Å². The summed E-state index contributed by atoms with van der Waals surface area (Å²) in [6, 6.07) is 15.7. The van der Waals surface area contributed by atoms with Gasteiger partial charge in [-0.25, -0.2) is 5.43 Å². The van der Waals surface area contributed by atoms with E-state index in [4.69, 9.17) is 25.3 Å². The number of amides is 1. The summed E-state index contributed by atoms with van der Waals surface area (Å²) in [6.45, 7) is 3.83. The molecular weight excluding hydrogens is 480 g/mol. The van der Waals surface area contributed by atoms with Gasteiger partial charge in [0.2, 0.25) is 5.75 Å². The van der Waals surface area contributed by atoms with Gasteiger partial charge in [-0.1, -0.05) is 29.3 Å². The Bertz CT molecular complexity index is 1290. The number of ether oxygens (including phenoxy) is 2. The summed E-state index contributed by atoms with van der Waals surface area (Å²) in [7, 11) is -2.60. The quantitative estimate of drug-likeness (QED) is 0.261. The minimum atomic E-state index is -4.13. The lowest BCUT2D eigenvalue weighted by Crippen LogP contribution is -2.17. The highest BCUT2D eigenvalue weighted by Gasteiger charge is 2.22. The zero-order chi connectivity index (χ0) is 24.7. The van der Waals surface area contributed by atoms with E-state index in [1.807, 2.05) is 6.92 Å². The van der Waals surface area contributed by atoms with E-state index in [1.54, 1.807) is 43.3 Å². The van der Waals surface area contributed by atoms with Gasteiger partial charge < -0.3 is 13.7 Å². The molecule has 0 bridgehead atoms. The second-order valence-electron chi connectivity index (χ2n) is 7.04. The molecule has 0 spiro atoms. The summed E-state index contributed by atoms with van der Waals surface area (Å²) in [4.78, 5) is 12.2. The van der Waals surface area contributed by atoms with Crippen LogP contribution in [0.15, 0.2) is 70.7 Å². The molecule has 0 atom stereocenters. The van der Waals surface area contributed by atoms with Gasteiger partial charge in [0.15, 0.2) is 5.75 Å². The molecule has 0 unspecified atom stereocenters. The van der Waals surface area contributed by atoms with Crippen LogP contribution in [-0.4, -0.2) is 34.3 Å². The SMILES string of the molecule is CCOc1cc(/C=N\NC(=O)c2ccc(OC)cc2)cc(Cl)c1OS(=O)(=O)c1ccc(C)cc1. The normalized spacial score (nSPS) is 11.3. The van der Waals surface area contributed by atoms with Gasteiger partial charge in [-0.3, -0.25) is 4.79 Å². The molecule has 0 radical (unpaired) electrons. The molecular formula is C24H23ClN2O6S. The molecule has 10 heteroatoms. The van der Waals surface area contributed by atoms with Crippen LogP contribution in [0.25, 0.3) is 0 Å². The molecule has 0 heterocycles. The maximum atomic E-state index is 12.7. The van der Waals surface area contributed by atoms with Crippen molar-refractivity contribution < 1.29 is 26.9 Å². The average Bonchev–Trinajstić information content (AvgIpc) is 2.81. The van der Waals surface area contributed by atoms with Crippen LogP contribution in [0.2, 0.25) is 5.02 Å². The van der Waals surface area contributed by atoms with Crippen LogP contribution < -0.4 is 19.1 Å². The summed E-state index contributed by atoms with van der Waals surface area (Å²) in [5.74, 6) is 0.196. The Hall–Kier alpha value is -3.56. The lowest BCUT2D eigenvalue weighted by Gasteiger charge is -2.14. The largest absolute Gasteiger partial charge is 0.497 e. The van der Waals surface area contributed by atoms with Crippen LogP contribution in [0.5, 0.6) is 17.2 Å². The second kappa shape index (κ2) is 11.0. The third-order valence-electron chi connectivity index (χ3n) is 4.57. The molecule has 3 aromatic carbocycles. The van der Waals surface area contributed by atoms with Crippen molar-refractivity contribution in [3.05, 3.63) is 82.4 Å². The van der Waals surface area contributed by atoms with Crippen molar-refractivity contribution >= 4 is 33.8 Å². The van der Waals surface area contributed by atoms with E-state index in [2.05, 4.69) is 10.5 Å². The number of rotatable bonds is 9. The fraction of sp³-hybridized carbons (Fsp3) is 0.167. The van der Waals surface area contributed by atoms with E-state index in [1.165, 1.54) is 37.6 Å². The Balaban J connectivity index is 1.79. The number of hydrogen-bond acceptors (Lipinski definition) is 7. The Labute approximate surface area is 203 Å². The second-order valence-corrected chi connectivity index (χ2v) is 8.99. The van der Waals surface area contributed by atoms with Crippen molar-refractivity contribution in [3.63, 3.8) is 0 Å². The number of carbonyl (C=O) groups is 1. The zero-order valence-electron chi connectivity index (χ0n) is 18.7. The van der Waals surface area contributed by atoms with E-state index >= 15 is 0 Å². The maximum Gasteiger partial charge on any atom is 0.339 e. The van der Waals surface area contributed by atoms with Gasteiger partial charge in [0, 0.05) is 5.56 Å². The van der Waals surface area contributed by atoms with E-state index in [0.717, 1.165) is 5.56 Å². The highest BCUT2D eigenvalue weighted by atomic mass is 35.5. The smallest absolute Gasteiger partial charge is 0.339 e. The van der Waals surface area contributed by atoms with Crippen molar-refractivity contribution in [1.29, 1.82) is 0 Å². The first-order valence-corrected chi connectivity index (χ1v) is 12.0. The first kappa shape index (κ1) is 25.1. The Morgan fingerprint density at radius 1 is 1.09 bits per heavy atom. The molecule has 1 N–H and O–H groups in total. The van der Waals surface area contributed by atoms with Crippen molar-refractivity contribution in [2.24, 2.45) is 5.10 Å². The highest BCUT2D eigenvalue weighted by molar-refractivity contribution is 7.87. The molecule has 0 fully saturated rings. The Morgan fingerprint density at radius 3 is 2.38 bits per heavy atom. The highest BCUT2D eigenvalue weighted by Crippen LogP contribution is 2.38. The number of hydrazone groups is 1. The number of aryl methyl sites for hydroxylation is 1. The molecule has 1 amide bonds. The maximum absolute atomic E-state index is 12.7. The number of hydrogen-bond donors (Lipinski definition) is 1. The molecule has 178 valence electrons. The summed E-state index contributed by atoms with van der Waals surface area (Å²) < 4.78 is 41.3. The predicted octanol–water partition coefficient (Wildman–Crippen LogP) is 4.59. The minimum Gasteiger partial charge on any atom is -0.497 e. The van der Waals surface area contributed by atoms with Gasteiger partial charge in [-0.2, -0.15) is 13.5 Å². The van der Waals surface area contributed by atoms with Crippen molar-refractivity contribution in [2.75, 3.05) is 13.7 Å². The molecule has 0 aliphatic carbocycles. The first-order valence-electron chi connectivity index (χ1n) is 10.2. The van der Waals surface area contributed by atoms with Crippen molar-refractivity contribution in [1.82, 2.24) is 5.43 Å². The molecule has 8 nitrogen and oxygen atoms in total. The van der Waals surface area contributed by atoms with E-state index in [-0.39, 0.29) is 28.0 Å². The van der Waals surface area contributed by atoms with Crippen molar-refractivity contribution in [3.8, 4) is 17.2 Å². The van der Waals surface area contributed by atoms with Crippen LogP contribution in [0.3, 0.4) is 0 Å². The number of nitrogens with zero attached hydrogens (tertiary/aromatic N) is 1. The van der Waals surface area contributed by atoms with Crippen LogP contribution in [0.4, 0.5) is 0 Å². The number of methoxy groups -OCH3 is 1. The van der Waals surface area contributed by atoms with Gasteiger partial charge in [0.25, 0.3) is 5.91 Å². The first-order chi connectivity index (χ1) is 16.2. The summed E-state index contributed by atoms with van der Waals surface area (Å²) >= 11 is 6.32. The van der Waals surface area contributed by atoms with Crippen LogP contribution in [0.1, 0.15) is 28.4 Å². The third kappa shape index (κ3) is 6.27. The van der Waals surface area contributed by atoms with E-state index in [0.29, 0.717) is 16.9 Å². The number of halogens is 1. The van der Waals surface area contributed by atoms with Gasteiger partial charge in [0.05, 0.1) is 25.0 Å². The average molecular weight is 503 g/mol. The fourth-order valence-electron chi connectivity index (χ4n) is 2.84. The Morgan fingerprint density at radius 2 is 1.76 bits per heavy atom. The Kier molecular flexibility index (Phi) is 8.14. The van der Waals surface area contributed by atoms with Crippen LogP contribution >= 0.6 is 11.6 Å². The molecule has 3 rings (SSSR count). The zero-order valence-corrected chi connectivity index (χ0v) is 20.3. The van der Waals surface area contributed by atoms with Gasteiger partial charge in [0.1, 0.15) is 10.6 Å². The minimum absolute atomic E-state index is 0.00423. The van der Waals surface area contributed by atoms with E-state index < -0.39 is 16.0 Å². The monoisotopic (exact) mass is 502 g/mol.